The third-order valence-electron chi connectivity index (χ3n) is 4.34. The number of aryl methyl sites for hydroxylation is 1. The summed E-state index contributed by atoms with van der Waals surface area (Å²) >= 11 is 0. The van der Waals surface area contributed by atoms with Gasteiger partial charge in [0.1, 0.15) is 5.75 Å². The Labute approximate surface area is 159 Å². The Bertz CT molecular complexity index is 923. The van der Waals surface area contributed by atoms with Gasteiger partial charge < -0.3 is 10.1 Å². The summed E-state index contributed by atoms with van der Waals surface area (Å²) in [5, 5.41) is 7.34. The molecule has 0 saturated carbocycles. The van der Waals surface area contributed by atoms with Gasteiger partial charge in [0.05, 0.1) is 37.3 Å². The lowest BCUT2D eigenvalue weighted by Gasteiger charge is -2.16. The zero-order chi connectivity index (χ0) is 19.4. The number of carbonyl (C=O) groups is 1. The lowest BCUT2D eigenvalue weighted by molar-refractivity contribution is 0.0950. The van der Waals surface area contributed by atoms with Gasteiger partial charge in [0.2, 0.25) is 10.0 Å². The average Bonchev–Trinajstić information content (AvgIpc) is 2.89. The smallest absolute Gasteiger partial charge is 0.251 e. The van der Waals surface area contributed by atoms with Gasteiger partial charge >= 0.3 is 0 Å². The summed E-state index contributed by atoms with van der Waals surface area (Å²) in [5.41, 5.74) is 2.06. The van der Waals surface area contributed by atoms with Crippen molar-refractivity contribution in [3.05, 3.63) is 47.3 Å². The Balaban J connectivity index is 1.66. The van der Waals surface area contributed by atoms with Crippen LogP contribution in [0.2, 0.25) is 0 Å². The number of hydrogen-bond donors (Lipinski definition) is 1. The molecule has 1 aliphatic rings. The van der Waals surface area contributed by atoms with Crippen LogP contribution in [0.15, 0.2) is 30.3 Å². The van der Waals surface area contributed by atoms with Gasteiger partial charge in [-0.2, -0.15) is 9.40 Å². The third kappa shape index (κ3) is 4.86. The van der Waals surface area contributed by atoms with E-state index in [0.29, 0.717) is 49.7 Å². The molecule has 1 amide bonds. The molecule has 0 fully saturated rings. The molecule has 1 aliphatic heterocycles. The van der Waals surface area contributed by atoms with E-state index in [-0.39, 0.29) is 12.5 Å². The van der Waals surface area contributed by atoms with Crippen LogP contribution in [0.4, 0.5) is 0 Å². The average molecular weight is 392 g/mol. The van der Waals surface area contributed by atoms with Crippen molar-refractivity contribution in [3.8, 4) is 5.75 Å². The Kier molecular flexibility index (Phi) is 5.81. The van der Waals surface area contributed by atoms with E-state index in [0.717, 1.165) is 5.69 Å². The molecule has 146 valence electrons. The number of amides is 1. The van der Waals surface area contributed by atoms with Crippen LogP contribution in [-0.2, 0) is 29.7 Å². The van der Waals surface area contributed by atoms with Crippen molar-refractivity contribution < 1.29 is 17.9 Å². The first-order valence-electron chi connectivity index (χ1n) is 8.88. The summed E-state index contributed by atoms with van der Waals surface area (Å²) in [6, 6.07) is 8.86. The number of ether oxygens (including phenoxy) is 1. The highest BCUT2D eigenvalue weighted by Crippen LogP contribution is 2.17. The third-order valence-corrected chi connectivity index (χ3v) is 5.59. The molecule has 0 bridgehead atoms. The second-order valence-corrected chi connectivity index (χ2v) is 8.43. The van der Waals surface area contributed by atoms with Crippen molar-refractivity contribution >= 4 is 15.9 Å². The number of hydrogen-bond acceptors (Lipinski definition) is 5. The molecule has 0 radical (unpaired) electrons. The summed E-state index contributed by atoms with van der Waals surface area (Å²) in [6.45, 7) is 4.15. The normalized spacial score (nSPS) is 15.0. The van der Waals surface area contributed by atoms with Crippen LogP contribution < -0.4 is 10.1 Å². The number of fused-ring (bicyclic) bond motifs is 1. The highest BCUT2D eigenvalue weighted by molar-refractivity contribution is 7.88. The predicted octanol–water partition coefficient (Wildman–Crippen LogP) is 1.38. The molecule has 0 aliphatic carbocycles. The molecule has 0 unspecified atom stereocenters. The van der Waals surface area contributed by atoms with E-state index in [9.17, 15) is 13.2 Å². The van der Waals surface area contributed by atoms with Crippen molar-refractivity contribution in [1.29, 1.82) is 0 Å². The predicted molar refractivity (Wildman–Crippen MR) is 101 cm³/mol. The Hall–Kier alpha value is -2.39. The first-order valence-corrected chi connectivity index (χ1v) is 10.7. The van der Waals surface area contributed by atoms with E-state index in [1.54, 1.807) is 24.3 Å². The van der Waals surface area contributed by atoms with Crippen molar-refractivity contribution in [2.75, 3.05) is 19.4 Å². The lowest BCUT2D eigenvalue weighted by atomic mass is 10.2. The van der Waals surface area contributed by atoms with E-state index < -0.39 is 10.0 Å². The van der Waals surface area contributed by atoms with Crippen molar-refractivity contribution in [1.82, 2.24) is 19.4 Å². The molecule has 3 rings (SSSR count). The summed E-state index contributed by atoms with van der Waals surface area (Å²) in [4.78, 5) is 12.4. The molecule has 0 spiro atoms. The van der Waals surface area contributed by atoms with Gasteiger partial charge in [-0.15, -0.1) is 0 Å². The molecule has 1 aromatic heterocycles. The molecule has 2 heterocycles. The second-order valence-electron chi connectivity index (χ2n) is 6.44. The molecular formula is C18H24N4O4S. The number of rotatable bonds is 6. The van der Waals surface area contributed by atoms with Crippen molar-refractivity contribution in [2.24, 2.45) is 0 Å². The second kappa shape index (κ2) is 8.10. The van der Waals surface area contributed by atoms with E-state index in [1.807, 2.05) is 17.7 Å². The van der Waals surface area contributed by atoms with Crippen molar-refractivity contribution in [2.45, 2.75) is 33.0 Å². The van der Waals surface area contributed by atoms with Gasteiger partial charge in [0.15, 0.2) is 0 Å². The highest BCUT2D eigenvalue weighted by Gasteiger charge is 2.22. The molecule has 0 atom stereocenters. The van der Waals surface area contributed by atoms with E-state index in [2.05, 4.69) is 10.4 Å². The monoisotopic (exact) mass is 392 g/mol. The Morgan fingerprint density at radius 1 is 1.30 bits per heavy atom. The molecule has 27 heavy (non-hydrogen) atoms. The van der Waals surface area contributed by atoms with Crippen molar-refractivity contribution in [3.63, 3.8) is 0 Å². The molecule has 0 saturated heterocycles. The zero-order valence-electron chi connectivity index (χ0n) is 15.5. The molecule has 9 heteroatoms. The largest absolute Gasteiger partial charge is 0.494 e. The van der Waals surface area contributed by atoms with Gasteiger partial charge in [-0.1, -0.05) is 6.07 Å². The topological polar surface area (TPSA) is 93.5 Å². The number of nitrogens with one attached hydrogen (secondary N) is 1. The molecule has 1 aromatic carbocycles. The summed E-state index contributed by atoms with van der Waals surface area (Å²) in [7, 11) is -3.24. The molecule has 8 nitrogen and oxygen atoms in total. The number of nitrogens with zero attached hydrogens (tertiary/aromatic N) is 3. The highest BCUT2D eigenvalue weighted by atomic mass is 32.2. The number of aromatic nitrogens is 2. The fourth-order valence-corrected chi connectivity index (χ4v) is 3.86. The molecule has 2 aromatic rings. The van der Waals surface area contributed by atoms with Gasteiger partial charge in [0.25, 0.3) is 5.91 Å². The zero-order valence-corrected chi connectivity index (χ0v) is 16.3. The van der Waals surface area contributed by atoms with Crippen LogP contribution in [0.3, 0.4) is 0 Å². The standard InChI is InChI=1S/C18H24N4O4S/c1-3-26-17-7-4-6-14(10-17)18(23)19-12-15-11-16-13-21(27(2,24)25)8-5-9-22(16)20-15/h4,6-7,10-11H,3,5,8-9,12-13H2,1-2H3,(H,19,23). The Morgan fingerprint density at radius 3 is 2.85 bits per heavy atom. The quantitative estimate of drug-likeness (QED) is 0.802. The first kappa shape index (κ1) is 19.4. The Morgan fingerprint density at radius 2 is 2.11 bits per heavy atom. The SMILES string of the molecule is CCOc1cccc(C(=O)NCc2cc3n(n2)CCCN(S(C)(=O)=O)C3)c1. The number of benzene rings is 1. The van der Waals surface area contributed by atoms with E-state index in [1.165, 1.54) is 10.6 Å². The minimum absolute atomic E-state index is 0.211. The van der Waals surface area contributed by atoms with E-state index in [4.69, 9.17) is 4.74 Å². The summed E-state index contributed by atoms with van der Waals surface area (Å²) < 4.78 is 32.4. The maximum atomic E-state index is 12.4. The van der Waals surface area contributed by atoms with Crippen LogP contribution in [-0.4, -0.2) is 47.8 Å². The van der Waals surface area contributed by atoms with Crippen LogP contribution in [0, 0.1) is 0 Å². The fourth-order valence-electron chi connectivity index (χ4n) is 3.03. The van der Waals surface area contributed by atoms with Gasteiger partial charge in [0, 0.05) is 18.7 Å². The summed E-state index contributed by atoms with van der Waals surface area (Å²) in [6.07, 6.45) is 1.92. The number of sulfonamides is 1. The van der Waals surface area contributed by atoms with Gasteiger partial charge in [-0.05, 0) is 37.6 Å². The van der Waals surface area contributed by atoms with Gasteiger partial charge in [-0.3, -0.25) is 9.48 Å². The van der Waals surface area contributed by atoms with Crippen LogP contribution >= 0.6 is 0 Å². The molecular weight excluding hydrogens is 368 g/mol. The van der Waals surface area contributed by atoms with E-state index >= 15 is 0 Å². The summed E-state index contributed by atoms with van der Waals surface area (Å²) in [5.74, 6) is 0.442. The fraction of sp³-hybridized carbons (Fsp3) is 0.444. The lowest BCUT2D eigenvalue weighted by Crippen LogP contribution is -2.29. The maximum Gasteiger partial charge on any atom is 0.251 e. The van der Waals surface area contributed by atoms with Gasteiger partial charge in [-0.25, -0.2) is 8.42 Å². The van der Waals surface area contributed by atoms with Crippen LogP contribution in [0.1, 0.15) is 35.1 Å². The molecule has 1 N–H and O–H groups in total. The number of carbonyl (C=O) groups excluding carboxylic acids is 1. The maximum absolute atomic E-state index is 12.4. The first-order chi connectivity index (χ1) is 12.9. The van der Waals surface area contributed by atoms with Crippen LogP contribution in [0.25, 0.3) is 0 Å². The minimum atomic E-state index is -3.24. The van der Waals surface area contributed by atoms with Crippen LogP contribution in [0.5, 0.6) is 5.75 Å². The minimum Gasteiger partial charge on any atom is -0.494 e.